The van der Waals surface area contributed by atoms with Gasteiger partial charge in [0.2, 0.25) is 11.8 Å². The number of carbonyl (C=O) groups excluding carboxylic acids is 3. The molecule has 1 saturated heterocycles. The summed E-state index contributed by atoms with van der Waals surface area (Å²) in [4.78, 5) is 42.7. The first-order valence-corrected chi connectivity index (χ1v) is 14.0. The smallest absolute Gasteiger partial charge is 0.271 e. The lowest BCUT2D eigenvalue weighted by molar-refractivity contribution is -0.122. The van der Waals surface area contributed by atoms with Crippen LogP contribution >= 0.6 is 27.5 Å². The van der Waals surface area contributed by atoms with Crippen LogP contribution in [0.25, 0.3) is 0 Å². The van der Waals surface area contributed by atoms with Crippen molar-refractivity contribution in [2.45, 2.75) is 11.3 Å². The largest absolute Gasteiger partial charge is 0.274 e. The molecule has 0 radical (unpaired) electrons. The molecule has 6 nitrogen and oxygen atoms in total. The minimum Gasteiger partial charge on any atom is -0.274 e. The van der Waals surface area contributed by atoms with Crippen molar-refractivity contribution >= 4 is 57.2 Å². The molecule has 4 aromatic rings. The summed E-state index contributed by atoms with van der Waals surface area (Å²) in [6.45, 7) is 0. The van der Waals surface area contributed by atoms with Gasteiger partial charge in [-0.25, -0.2) is 10.3 Å². The van der Waals surface area contributed by atoms with Crippen molar-refractivity contribution < 1.29 is 14.4 Å². The van der Waals surface area contributed by atoms with Crippen LogP contribution in [0.2, 0.25) is 5.02 Å². The van der Waals surface area contributed by atoms with Crippen LogP contribution in [0.15, 0.2) is 107 Å². The van der Waals surface area contributed by atoms with Crippen molar-refractivity contribution in [1.82, 2.24) is 5.43 Å². The fourth-order valence-electron chi connectivity index (χ4n) is 6.78. The van der Waals surface area contributed by atoms with Crippen molar-refractivity contribution in [3.8, 4) is 0 Å². The van der Waals surface area contributed by atoms with E-state index in [-0.39, 0.29) is 23.6 Å². The number of carbonyl (C=O) groups is 3. The second-order valence-electron chi connectivity index (χ2n) is 10.2. The second kappa shape index (κ2) is 9.25. The summed E-state index contributed by atoms with van der Waals surface area (Å²) in [5, 5.41) is 4.78. The van der Waals surface area contributed by atoms with E-state index >= 15 is 0 Å². The van der Waals surface area contributed by atoms with Crippen LogP contribution in [0.5, 0.6) is 0 Å². The van der Waals surface area contributed by atoms with Gasteiger partial charge in [0.15, 0.2) is 0 Å². The van der Waals surface area contributed by atoms with Crippen molar-refractivity contribution in [1.29, 1.82) is 0 Å². The summed E-state index contributed by atoms with van der Waals surface area (Å²) in [7, 11) is 0. The van der Waals surface area contributed by atoms with Crippen LogP contribution in [-0.4, -0.2) is 23.9 Å². The van der Waals surface area contributed by atoms with Crippen molar-refractivity contribution in [2.75, 3.05) is 4.90 Å². The molecule has 40 heavy (non-hydrogen) atoms. The normalized spacial score (nSPS) is 24.1. The van der Waals surface area contributed by atoms with Gasteiger partial charge in [-0.05, 0) is 58.7 Å². The summed E-state index contributed by atoms with van der Waals surface area (Å²) in [5.41, 5.74) is 6.16. The van der Waals surface area contributed by atoms with E-state index in [0.29, 0.717) is 16.3 Å². The minimum atomic E-state index is -1.08. The number of amides is 3. The molecule has 1 N–H and O–H groups in total. The van der Waals surface area contributed by atoms with Crippen LogP contribution in [0.1, 0.15) is 38.5 Å². The van der Waals surface area contributed by atoms with Crippen LogP contribution in [0.4, 0.5) is 5.69 Å². The van der Waals surface area contributed by atoms with E-state index in [4.69, 9.17) is 11.6 Å². The lowest BCUT2D eigenvalue weighted by Crippen LogP contribution is -2.54. The van der Waals surface area contributed by atoms with Gasteiger partial charge in [0, 0.05) is 22.2 Å². The number of anilines is 1. The number of hydrogen-bond donors (Lipinski definition) is 1. The van der Waals surface area contributed by atoms with Crippen molar-refractivity contribution in [3.63, 3.8) is 0 Å². The molecule has 4 aliphatic rings. The fraction of sp³-hybridized carbons (Fsp3) is 0.125. The quantitative estimate of drug-likeness (QED) is 0.173. The molecule has 0 spiro atoms. The maximum absolute atomic E-state index is 14.4. The highest BCUT2D eigenvalue weighted by molar-refractivity contribution is 9.10. The van der Waals surface area contributed by atoms with Gasteiger partial charge in [-0.3, -0.25) is 14.4 Å². The Labute approximate surface area is 243 Å². The third-order valence-corrected chi connectivity index (χ3v) is 9.17. The van der Waals surface area contributed by atoms with Crippen molar-refractivity contribution in [2.24, 2.45) is 16.9 Å². The third kappa shape index (κ3) is 3.41. The Morgan fingerprint density at radius 3 is 2.10 bits per heavy atom. The summed E-state index contributed by atoms with van der Waals surface area (Å²) in [5.74, 6) is -2.71. The van der Waals surface area contributed by atoms with Gasteiger partial charge in [0.05, 0.1) is 28.0 Å². The van der Waals surface area contributed by atoms with Gasteiger partial charge in [0.1, 0.15) is 0 Å². The summed E-state index contributed by atoms with van der Waals surface area (Å²) < 4.78 is 0.858. The van der Waals surface area contributed by atoms with E-state index in [1.54, 1.807) is 54.7 Å². The molecule has 0 aromatic heterocycles. The molecule has 3 aliphatic carbocycles. The van der Waals surface area contributed by atoms with E-state index in [1.165, 1.54) is 4.90 Å². The predicted molar refractivity (Wildman–Crippen MR) is 157 cm³/mol. The first-order valence-electron chi connectivity index (χ1n) is 12.8. The molecule has 4 aromatic carbocycles. The van der Waals surface area contributed by atoms with E-state index in [9.17, 15) is 14.4 Å². The van der Waals surface area contributed by atoms with Gasteiger partial charge < -0.3 is 0 Å². The molecule has 1 aliphatic heterocycles. The Morgan fingerprint density at radius 1 is 0.850 bits per heavy atom. The fourth-order valence-corrected chi connectivity index (χ4v) is 7.26. The monoisotopic (exact) mass is 609 g/mol. The van der Waals surface area contributed by atoms with E-state index in [0.717, 1.165) is 26.7 Å². The molecule has 0 saturated carbocycles. The molecule has 2 atom stereocenters. The van der Waals surface area contributed by atoms with E-state index in [1.807, 2.05) is 48.5 Å². The Kier molecular flexibility index (Phi) is 5.77. The topological polar surface area (TPSA) is 78.8 Å². The number of para-hydroxylation sites is 1. The molecule has 8 heteroatoms. The summed E-state index contributed by atoms with van der Waals surface area (Å²) in [6, 6.07) is 29.6. The molecule has 1 heterocycles. The molecule has 3 amide bonds. The SMILES string of the molecule is O=C(N/N=C\C12c3ccccc3C(c3ccccc31)[C@H]1C(=O)N(c3ccccc3Cl)C(=O)[C@H]12)c1ccc(Br)cc1. The Balaban J connectivity index is 1.41. The Bertz CT molecular complexity index is 1710. The molecule has 1 fully saturated rings. The van der Waals surface area contributed by atoms with E-state index < -0.39 is 17.3 Å². The van der Waals surface area contributed by atoms with Gasteiger partial charge in [-0.1, -0.05) is 88.2 Å². The number of hydrazone groups is 1. The van der Waals surface area contributed by atoms with Crippen LogP contribution in [-0.2, 0) is 15.0 Å². The lowest BCUT2D eigenvalue weighted by atomic mass is 9.47. The van der Waals surface area contributed by atoms with Crippen LogP contribution in [0.3, 0.4) is 0 Å². The zero-order chi connectivity index (χ0) is 27.6. The maximum atomic E-state index is 14.4. The zero-order valence-electron chi connectivity index (χ0n) is 20.9. The van der Waals surface area contributed by atoms with E-state index in [2.05, 4.69) is 26.5 Å². The number of rotatable bonds is 4. The number of hydrogen-bond acceptors (Lipinski definition) is 4. The van der Waals surface area contributed by atoms with Gasteiger partial charge in [0.25, 0.3) is 5.91 Å². The van der Waals surface area contributed by atoms with Gasteiger partial charge in [-0.15, -0.1) is 0 Å². The Morgan fingerprint density at radius 2 is 1.45 bits per heavy atom. The highest BCUT2D eigenvalue weighted by atomic mass is 79.9. The standard InChI is InChI=1S/C32H21BrClN3O3/c33-19-15-13-18(14-16-19)29(38)36-35-17-32-22-9-3-1-7-20(22)26(21-8-2-4-10-23(21)32)27-28(32)31(40)37(30(27)39)25-12-6-5-11-24(25)34/h1-17,26-28H,(H,36,38)/b35-17-/t26?,27-,28+,32?/m1/s1. The first kappa shape index (κ1) is 24.9. The van der Waals surface area contributed by atoms with Gasteiger partial charge >= 0.3 is 0 Å². The molecule has 8 rings (SSSR count). The lowest BCUT2D eigenvalue weighted by Gasteiger charge is -2.52. The second-order valence-corrected chi connectivity index (χ2v) is 11.5. The number of halogens is 2. The number of nitrogens with one attached hydrogen (secondary N) is 1. The summed E-state index contributed by atoms with van der Waals surface area (Å²) >= 11 is 9.88. The summed E-state index contributed by atoms with van der Waals surface area (Å²) in [6.07, 6.45) is 1.65. The van der Waals surface area contributed by atoms with Crippen LogP contribution < -0.4 is 10.3 Å². The average molecular weight is 611 g/mol. The molecular formula is C32H21BrClN3O3. The minimum absolute atomic E-state index is 0.284. The Hall–Kier alpha value is -4.07. The van der Waals surface area contributed by atoms with Crippen molar-refractivity contribution in [3.05, 3.63) is 134 Å². The molecule has 2 bridgehead atoms. The number of nitrogens with zero attached hydrogens (tertiary/aromatic N) is 2. The highest BCUT2D eigenvalue weighted by Crippen LogP contribution is 2.63. The highest BCUT2D eigenvalue weighted by Gasteiger charge is 2.68. The third-order valence-electron chi connectivity index (χ3n) is 8.32. The first-order chi connectivity index (χ1) is 19.4. The zero-order valence-corrected chi connectivity index (χ0v) is 23.3. The molecule has 0 unspecified atom stereocenters. The van der Waals surface area contributed by atoms with Gasteiger partial charge in [-0.2, -0.15) is 5.10 Å². The number of imide groups is 1. The molecule has 196 valence electrons. The van der Waals surface area contributed by atoms with Crippen LogP contribution in [0, 0.1) is 11.8 Å². The maximum Gasteiger partial charge on any atom is 0.271 e. The average Bonchev–Trinajstić information content (AvgIpc) is 3.24. The molecular weight excluding hydrogens is 590 g/mol. The predicted octanol–water partition coefficient (Wildman–Crippen LogP) is 6.07. The number of benzene rings is 4.